The maximum absolute atomic E-state index is 11.4. The number of halogens is 2. The summed E-state index contributed by atoms with van der Waals surface area (Å²) in [5, 5.41) is 3.05. The molecule has 1 rings (SSSR count). The highest BCUT2D eigenvalue weighted by Crippen LogP contribution is 2.06. The zero-order chi connectivity index (χ0) is 9.40. The molecule has 1 heterocycles. The summed E-state index contributed by atoms with van der Waals surface area (Å²) >= 11 is 0. The van der Waals surface area contributed by atoms with Gasteiger partial charge in [-0.25, -0.2) is 0 Å². The fraction of sp³-hybridized carbons (Fsp3) is 1.00. The monoisotopic (exact) mass is 181 g/mol. The van der Waals surface area contributed by atoms with E-state index in [-0.39, 0.29) is 12.6 Å². The average molecular weight is 181 g/mol. The molecule has 1 aliphatic rings. The summed E-state index contributed by atoms with van der Waals surface area (Å²) in [4.78, 5) is 0. The van der Waals surface area contributed by atoms with Crippen LogP contribution in [0.1, 0.15) is 26.7 Å². The molecule has 1 N–H and O–H groups in total. The molecule has 1 aliphatic heterocycles. The Balaban J connectivity index is 0.000000561. The van der Waals surface area contributed by atoms with Crippen molar-refractivity contribution in [3.05, 3.63) is 0 Å². The van der Waals surface area contributed by atoms with Crippen LogP contribution in [0.3, 0.4) is 0 Å². The Bertz CT molecular complexity index is 95.1. The molecule has 0 unspecified atom stereocenters. The molecular formula is C8H17F2NO. The fourth-order valence-electron chi connectivity index (χ4n) is 1.09. The van der Waals surface area contributed by atoms with Gasteiger partial charge in [0, 0.05) is 6.04 Å². The molecule has 4 heteroatoms. The second-order valence-electron chi connectivity index (χ2n) is 2.39. The lowest BCUT2D eigenvalue weighted by molar-refractivity contribution is -0.132. The zero-order valence-corrected chi connectivity index (χ0v) is 7.65. The van der Waals surface area contributed by atoms with Crippen molar-refractivity contribution < 1.29 is 13.5 Å². The molecule has 2 nitrogen and oxygen atoms in total. The molecule has 0 aliphatic carbocycles. The summed E-state index contributed by atoms with van der Waals surface area (Å²) < 4.78 is 27.0. The van der Waals surface area contributed by atoms with Crippen LogP contribution in [0, 0.1) is 0 Å². The van der Waals surface area contributed by atoms with Crippen LogP contribution in [-0.4, -0.2) is 25.8 Å². The van der Waals surface area contributed by atoms with Crippen LogP contribution in [0.15, 0.2) is 0 Å². The SMILES string of the molecule is CC.FC(F)OC[C@@H]1CCCN1. The van der Waals surface area contributed by atoms with Crippen molar-refractivity contribution in [1.82, 2.24) is 5.32 Å². The Kier molecular flexibility index (Phi) is 7.29. The van der Waals surface area contributed by atoms with Crippen LogP contribution in [-0.2, 0) is 4.74 Å². The van der Waals surface area contributed by atoms with Crippen molar-refractivity contribution in [1.29, 1.82) is 0 Å². The van der Waals surface area contributed by atoms with Crippen LogP contribution in [0.25, 0.3) is 0 Å². The molecule has 1 saturated heterocycles. The number of rotatable bonds is 3. The highest BCUT2D eigenvalue weighted by molar-refractivity contribution is 4.72. The Morgan fingerprint density at radius 2 is 2.17 bits per heavy atom. The predicted molar refractivity (Wildman–Crippen MR) is 44.3 cm³/mol. The normalized spacial score (nSPS) is 22.2. The molecule has 0 aromatic rings. The lowest BCUT2D eigenvalue weighted by Gasteiger charge is -2.08. The van der Waals surface area contributed by atoms with E-state index in [9.17, 15) is 8.78 Å². The van der Waals surface area contributed by atoms with E-state index in [1.807, 2.05) is 13.8 Å². The van der Waals surface area contributed by atoms with Crippen molar-refractivity contribution in [2.45, 2.75) is 39.3 Å². The molecule has 0 aromatic heterocycles. The molecule has 0 saturated carbocycles. The van der Waals surface area contributed by atoms with Crippen LogP contribution in [0.2, 0.25) is 0 Å². The minimum Gasteiger partial charge on any atom is -0.321 e. The molecule has 1 atom stereocenters. The van der Waals surface area contributed by atoms with Crippen LogP contribution in [0.5, 0.6) is 0 Å². The van der Waals surface area contributed by atoms with Gasteiger partial charge in [-0.05, 0) is 19.4 Å². The van der Waals surface area contributed by atoms with Crippen LogP contribution < -0.4 is 5.32 Å². The highest BCUT2D eigenvalue weighted by Gasteiger charge is 2.15. The molecule has 0 amide bonds. The van der Waals surface area contributed by atoms with Crippen molar-refractivity contribution in [2.24, 2.45) is 0 Å². The number of hydrogen-bond donors (Lipinski definition) is 1. The second-order valence-corrected chi connectivity index (χ2v) is 2.39. The van der Waals surface area contributed by atoms with Gasteiger partial charge in [0.25, 0.3) is 0 Å². The van der Waals surface area contributed by atoms with Gasteiger partial charge in [0.1, 0.15) is 0 Å². The Hall–Kier alpha value is -0.220. The van der Waals surface area contributed by atoms with E-state index in [4.69, 9.17) is 0 Å². The number of ether oxygens (including phenoxy) is 1. The van der Waals surface area contributed by atoms with E-state index >= 15 is 0 Å². The maximum atomic E-state index is 11.4. The molecule has 12 heavy (non-hydrogen) atoms. The van der Waals surface area contributed by atoms with Gasteiger partial charge < -0.3 is 10.1 Å². The van der Waals surface area contributed by atoms with E-state index in [1.165, 1.54) is 0 Å². The Morgan fingerprint density at radius 3 is 2.58 bits per heavy atom. The van der Waals surface area contributed by atoms with Gasteiger partial charge >= 0.3 is 6.61 Å². The average Bonchev–Trinajstić information content (AvgIpc) is 2.56. The van der Waals surface area contributed by atoms with Crippen LogP contribution in [0.4, 0.5) is 8.78 Å². The Labute approximate surface area is 72.3 Å². The molecule has 0 aromatic carbocycles. The topological polar surface area (TPSA) is 21.3 Å². The molecule has 1 fully saturated rings. The smallest absolute Gasteiger partial charge is 0.321 e. The van der Waals surface area contributed by atoms with E-state index in [1.54, 1.807) is 0 Å². The number of alkyl halides is 2. The van der Waals surface area contributed by atoms with Crippen molar-refractivity contribution in [2.75, 3.05) is 13.2 Å². The van der Waals surface area contributed by atoms with E-state index < -0.39 is 6.61 Å². The maximum Gasteiger partial charge on any atom is 0.345 e. The minimum absolute atomic E-state index is 0.137. The standard InChI is InChI=1S/C6H11F2NO.C2H6/c7-6(8)10-4-5-2-1-3-9-5;1-2/h5-6,9H,1-4H2;1-2H3/t5-;/m0./s1. The van der Waals surface area contributed by atoms with Crippen molar-refractivity contribution in [3.8, 4) is 0 Å². The van der Waals surface area contributed by atoms with Gasteiger partial charge in [0.15, 0.2) is 0 Å². The third kappa shape index (κ3) is 5.43. The predicted octanol–water partition coefficient (Wildman–Crippen LogP) is 2.00. The van der Waals surface area contributed by atoms with Crippen LogP contribution >= 0.6 is 0 Å². The molecule has 0 bridgehead atoms. The van der Waals surface area contributed by atoms with E-state index in [2.05, 4.69) is 10.1 Å². The van der Waals surface area contributed by atoms with E-state index in [0.717, 1.165) is 19.4 Å². The van der Waals surface area contributed by atoms with Gasteiger partial charge in [0.05, 0.1) is 6.61 Å². The first-order valence-electron chi connectivity index (χ1n) is 4.42. The molecule has 0 spiro atoms. The first-order chi connectivity index (χ1) is 5.79. The van der Waals surface area contributed by atoms with Gasteiger partial charge in [-0.3, -0.25) is 0 Å². The van der Waals surface area contributed by atoms with E-state index in [0.29, 0.717) is 0 Å². The lowest BCUT2D eigenvalue weighted by Crippen LogP contribution is -2.27. The van der Waals surface area contributed by atoms with Gasteiger partial charge in [-0.15, -0.1) is 0 Å². The number of hydrogen-bond acceptors (Lipinski definition) is 2. The summed E-state index contributed by atoms with van der Waals surface area (Å²) in [6, 6.07) is 0.147. The van der Waals surface area contributed by atoms with Gasteiger partial charge in [0.2, 0.25) is 0 Å². The number of nitrogens with one attached hydrogen (secondary N) is 1. The summed E-state index contributed by atoms with van der Waals surface area (Å²) in [6.07, 6.45) is 2.02. The van der Waals surface area contributed by atoms with Gasteiger partial charge in [-0.1, -0.05) is 13.8 Å². The first kappa shape index (κ1) is 11.8. The second kappa shape index (κ2) is 7.43. The first-order valence-corrected chi connectivity index (χ1v) is 4.42. The van der Waals surface area contributed by atoms with Crippen molar-refractivity contribution in [3.63, 3.8) is 0 Å². The third-order valence-corrected chi connectivity index (χ3v) is 1.59. The molecule has 0 radical (unpaired) electrons. The Morgan fingerprint density at radius 1 is 1.50 bits per heavy atom. The molecule has 74 valence electrons. The quantitative estimate of drug-likeness (QED) is 0.719. The third-order valence-electron chi connectivity index (χ3n) is 1.59. The summed E-state index contributed by atoms with van der Waals surface area (Å²) in [5.41, 5.74) is 0. The largest absolute Gasteiger partial charge is 0.345 e. The summed E-state index contributed by atoms with van der Waals surface area (Å²) in [5.74, 6) is 0. The fourth-order valence-corrected chi connectivity index (χ4v) is 1.09. The summed E-state index contributed by atoms with van der Waals surface area (Å²) in [6.45, 7) is 2.44. The molecular weight excluding hydrogens is 164 g/mol. The zero-order valence-electron chi connectivity index (χ0n) is 7.65. The van der Waals surface area contributed by atoms with Gasteiger partial charge in [-0.2, -0.15) is 8.78 Å². The lowest BCUT2D eigenvalue weighted by atomic mass is 10.2. The summed E-state index contributed by atoms with van der Waals surface area (Å²) in [7, 11) is 0. The highest BCUT2D eigenvalue weighted by atomic mass is 19.3. The van der Waals surface area contributed by atoms with Crippen molar-refractivity contribution >= 4 is 0 Å². The minimum atomic E-state index is -2.62.